The van der Waals surface area contributed by atoms with Crippen LogP contribution in [0.15, 0.2) is 18.2 Å². The molecule has 0 saturated carbocycles. The zero-order chi connectivity index (χ0) is 13.8. The molecule has 0 aliphatic carbocycles. The number of benzene rings is 1. The second-order valence-electron chi connectivity index (χ2n) is 3.59. The Hall–Kier alpha value is -1.76. The first-order chi connectivity index (χ1) is 8.34. The molecule has 0 radical (unpaired) electrons. The first kappa shape index (κ1) is 14.3. The zero-order valence-electron chi connectivity index (χ0n) is 9.67. The first-order valence-electron chi connectivity index (χ1n) is 5.10. The molecule has 0 bridgehead atoms. The number of methoxy groups -OCH3 is 1. The molecule has 0 aliphatic heterocycles. The lowest BCUT2D eigenvalue weighted by Crippen LogP contribution is -2.15. The number of hydrogen-bond donors (Lipinski definition) is 2. The molecule has 0 heterocycles. The second-order valence-corrected chi connectivity index (χ2v) is 3.59. The quantitative estimate of drug-likeness (QED) is 0.818. The predicted octanol–water partition coefficient (Wildman–Crippen LogP) is 2.26. The molecular weight excluding hydrogens is 249 g/mol. The predicted molar refractivity (Wildman–Crippen MR) is 61.0 cm³/mol. The number of ether oxygens (including phenoxy) is 1. The van der Waals surface area contributed by atoms with Gasteiger partial charge in [0.2, 0.25) is 5.91 Å². The van der Waals surface area contributed by atoms with E-state index >= 15 is 0 Å². The smallest absolute Gasteiger partial charge is 0.397 e. The van der Waals surface area contributed by atoms with Crippen molar-refractivity contribution in [2.75, 3.05) is 24.8 Å². The summed E-state index contributed by atoms with van der Waals surface area (Å²) >= 11 is 0. The van der Waals surface area contributed by atoms with Crippen molar-refractivity contribution in [3.63, 3.8) is 0 Å². The Morgan fingerprint density at radius 2 is 2.11 bits per heavy atom. The van der Waals surface area contributed by atoms with E-state index < -0.39 is 17.6 Å². The second kappa shape index (κ2) is 5.72. The third-order valence-electron chi connectivity index (χ3n) is 2.19. The van der Waals surface area contributed by atoms with Crippen LogP contribution >= 0.6 is 0 Å². The van der Waals surface area contributed by atoms with Crippen LogP contribution in [0.25, 0.3) is 0 Å². The minimum atomic E-state index is -4.47. The number of alkyl halides is 3. The van der Waals surface area contributed by atoms with E-state index in [4.69, 9.17) is 5.73 Å². The molecular formula is C11H13F3N2O2. The molecule has 0 unspecified atom stereocenters. The van der Waals surface area contributed by atoms with Gasteiger partial charge >= 0.3 is 6.18 Å². The third-order valence-corrected chi connectivity index (χ3v) is 2.19. The van der Waals surface area contributed by atoms with Gasteiger partial charge in [-0.1, -0.05) is 0 Å². The highest BCUT2D eigenvalue weighted by atomic mass is 19.4. The van der Waals surface area contributed by atoms with Crippen molar-refractivity contribution in [1.82, 2.24) is 0 Å². The molecule has 3 N–H and O–H groups in total. The van der Waals surface area contributed by atoms with E-state index in [9.17, 15) is 18.0 Å². The average molecular weight is 262 g/mol. The number of nitrogens with two attached hydrogens (primary N) is 1. The highest BCUT2D eigenvalue weighted by molar-refractivity contribution is 5.94. The Morgan fingerprint density at radius 3 is 2.67 bits per heavy atom. The highest BCUT2D eigenvalue weighted by Gasteiger charge is 2.31. The SMILES string of the molecule is COCCC(=O)Nc1cc(C(F)(F)F)ccc1N. The van der Waals surface area contributed by atoms with Gasteiger partial charge in [-0.2, -0.15) is 13.2 Å². The van der Waals surface area contributed by atoms with Crippen molar-refractivity contribution in [3.8, 4) is 0 Å². The molecule has 4 nitrogen and oxygen atoms in total. The van der Waals surface area contributed by atoms with Gasteiger partial charge in [-0.3, -0.25) is 4.79 Å². The van der Waals surface area contributed by atoms with Crippen molar-refractivity contribution < 1.29 is 22.7 Å². The van der Waals surface area contributed by atoms with E-state index in [1.165, 1.54) is 7.11 Å². The lowest BCUT2D eigenvalue weighted by Gasteiger charge is -2.12. The number of halogens is 3. The van der Waals surface area contributed by atoms with E-state index in [0.29, 0.717) is 0 Å². The Morgan fingerprint density at radius 1 is 1.44 bits per heavy atom. The van der Waals surface area contributed by atoms with Crippen LogP contribution in [-0.2, 0) is 15.7 Å². The maximum Gasteiger partial charge on any atom is 0.416 e. The van der Waals surface area contributed by atoms with Gasteiger partial charge in [0, 0.05) is 7.11 Å². The normalized spacial score (nSPS) is 11.3. The van der Waals surface area contributed by atoms with Crippen molar-refractivity contribution in [3.05, 3.63) is 23.8 Å². The molecule has 0 fully saturated rings. The summed E-state index contributed by atoms with van der Waals surface area (Å²) in [5.74, 6) is -0.456. The zero-order valence-corrected chi connectivity index (χ0v) is 9.67. The molecule has 1 aromatic rings. The summed E-state index contributed by atoms with van der Waals surface area (Å²) in [5.41, 5.74) is 4.66. The van der Waals surface area contributed by atoms with Crippen LogP contribution in [0.5, 0.6) is 0 Å². The number of nitrogens with one attached hydrogen (secondary N) is 1. The van der Waals surface area contributed by atoms with Crippen LogP contribution in [-0.4, -0.2) is 19.6 Å². The number of carbonyl (C=O) groups excluding carboxylic acids is 1. The lowest BCUT2D eigenvalue weighted by atomic mass is 10.1. The summed E-state index contributed by atoms with van der Waals surface area (Å²) < 4.78 is 42.1. The van der Waals surface area contributed by atoms with Crippen molar-refractivity contribution in [2.24, 2.45) is 0 Å². The molecule has 1 rings (SSSR count). The molecule has 0 spiro atoms. The van der Waals surface area contributed by atoms with E-state index in [0.717, 1.165) is 18.2 Å². The van der Waals surface area contributed by atoms with Crippen LogP contribution in [0, 0.1) is 0 Å². The van der Waals surface area contributed by atoms with Gasteiger partial charge in [-0.15, -0.1) is 0 Å². The molecule has 0 aliphatic rings. The Labute approximate surface area is 102 Å². The topological polar surface area (TPSA) is 64.3 Å². The number of anilines is 2. The Bertz CT molecular complexity index is 433. The van der Waals surface area contributed by atoms with E-state index in [-0.39, 0.29) is 24.4 Å². The highest BCUT2D eigenvalue weighted by Crippen LogP contribution is 2.32. The Kier molecular flexibility index (Phi) is 4.55. The summed E-state index contributed by atoms with van der Waals surface area (Å²) in [5, 5.41) is 2.31. The average Bonchev–Trinajstić information content (AvgIpc) is 2.28. The minimum absolute atomic E-state index is 0.0478. The summed E-state index contributed by atoms with van der Waals surface area (Å²) in [6.45, 7) is 0.185. The number of carbonyl (C=O) groups is 1. The van der Waals surface area contributed by atoms with E-state index in [2.05, 4.69) is 10.1 Å². The van der Waals surface area contributed by atoms with E-state index in [1.54, 1.807) is 0 Å². The van der Waals surface area contributed by atoms with Crippen molar-refractivity contribution >= 4 is 17.3 Å². The summed E-state index contributed by atoms with van der Waals surface area (Å²) in [4.78, 5) is 11.4. The van der Waals surface area contributed by atoms with Gasteiger partial charge in [-0.05, 0) is 18.2 Å². The largest absolute Gasteiger partial charge is 0.416 e. The van der Waals surface area contributed by atoms with Gasteiger partial charge < -0.3 is 15.8 Å². The fourth-order valence-electron chi connectivity index (χ4n) is 1.25. The maximum atomic E-state index is 12.5. The van der Waals surface area contributed by atoms with Gasteiger partial charge in [-0.25, -0.2) is 0 Å². The first-order valence-corrected chi connectivity index (χ1v) is 5.10. The van der Waals surface area contributed by atoms with Crippen LogP contribution < -0.4 is 11.1 Å². The minimum Gasteiger partial charge on any atom is -0.397 e. The molecule has 7 heteroatoms. The van der Waals surface area contributed by atoms with Gasteiger partial charge in [0.25, 0.3) is 0 Å². The van der Waals surface area contributed by atoms with Crippen molar-refractivity contribution in [2.45, 2.75) is 12.6 Å². The fraction of sp³-hybridized carbons (Fsp3) is 0.364. The molecule has 100 valence electrons. The molecule has 1 aromatic carbocycles. The standard InChI is InChI=1S/C11H13F3N2O2/c1-18-5-4-10(17)16-9-6-7(11(12,13)14)2-3-8(9)15/h2-3,6H,4-5,15H2,1H3,(H,16,17). The summed E-state index contributed by atoms with van der Waals surface area (Å²) in [6.07, 6.45) is -4.42. The van der Waals surface area contributed by atoms with Crippen LogP contribution in [0.4, 0.5) is 24.5 Å². The van der Waals surface area contributed by atoms with Crippen LogP contribution in [0.3, 0.4) is 0 Å². The monoisotopic (exact) mass is 262 g/mol. The third kappa shape index (κ3) is 3.92. The molecule has 18 heavy (non-hydrogen) atoms. The molecule has 0 aromatic heterocycles. The number of hydrogen-bond acceptors (Lipinski definition) is 3. The molecule has 0 atom stereocenters. The molecule has 0 saturated heterocycles. The van der Waals surface area contributed by atoms with Crippen LogP contribution in [0.2, 0.25) is 0 Å². The maximum absolute atomic E-state index is 12.5. The van der Waals surface area contributed by atoms with Gasteiger partial charge in [0.15, 0.2) is 0 Å². The molecule has 1 amide bonds. The van der Waals surface area contributed by atoms with Gasteiger partial charge in [0.05, 0.1) is 30.0 Å². The summed E-state index contributed by atoms with van der Waals surface area (Å²) in [6, 6.07) is 2.77. The number of nitrogen functional groups attached to an aromatic ring is 1. The number of rotatable bonds is 4. The van der Waals surface area contributed by atoms with Gasteiger partial charge in [0.1, 0.15) is 0 Å². The summed E-state index contributed by atoms with van der Waals surface area (Å²) in [7, 11) is 1.42. The van der Waals surface area contributed by atoms with Crippen LogP contribution in [0.1, 0.15) is 12.0 Å². The van der Waals surface area contributed by atoms with E-state index in [1.807, 2.05) is 0 Å². The van der Waals surface area contributed by atoms with Crippen molar-refractivity contribution in [1.29, 1.82) is 0 Å². The number of amides is 1. The lowest BCUT2D eigenvalue weighted by molar-refractivity contribution is -0.137. The Balaban J connectivity index is 2.85. The fourth-order valence-corrected chi connectivity index (χ4v) is 1.25.